The van der Waals surface area contributed by atoms with Crippen molar-refractivity contribution in [2.24, 2.45) is 4.99 Å². The Morgan fingerprint density at radius 2 is 1.88 bits per heavy atom. The summed E-state index contributed by atoms with van der Waals surface area (Å²) in [6.45, 7) is 5.86. The summed E-state index contributed by atoms with van der Waals surface area (Å²) in [5.74, 6) is 0.862. The zero-order chi connectivity index (χ0) is 18.0. The highest BCUT2D eigenvalue weighted by molar-refractivity contribution is 7.90. The molecule has 0 aliphatic heterocycles. The Kier molecular flexibility index (Phi) is 8.78. The lowest BCUT2D eigenvalue weighted by Gasteiger charge is -2.17. The molecule has 0 fully saturated rings. The molecular formula is C17H29N3O3S. The van der Waals surface area contributed by atoms with Crippen LogP contribution in [0, 0.1) is 0 Å². The molecule has 1 aromatic rings. The van der Waals surface area contributed by atoms with Crippen LogP contribution >= 0.6 is 0 Å². The third kappa shape index (κ3) is 8.88. The maximum Gasteiger partial charge on any atom is 0.191 e. The predicted molar refractivity (Wildman–Crippen MR) is 98.9 cm³/mol. The Hall–Kier alpha value is -1.60. The van der Waals surface area contributed by atoms with Gasteiger partial charge in [-0.25, -0.2) is 13.4 Å². The fourth-order valence-corrected chi connectivity index (χ4v) is 2.88. The van der Waals surface area contributed by atoms with Crippen LogP contribution in [0.2, 0.25) is 0 Å². The van der Waals surface area contributed by atoms with Gasteiger partial charge in [-0.1, -0.05) is 24.3 Å². The number of guanidine groups is 1. The summed E-state index contributed by atoms with van der Waals surface area (Å²) < 4.78 is 27.6. The predicted octanol–water partition coefficient (Wildman–Crippen LogP) is 1.71. The van der Waals surface area contributed by atoms with Crippen LogP contribution in [0.25, 0.3) is 0 Å². The zero-order valence-corrected chi connectivity index (χ0v) is 15.8. The van der Waals surface area contributed by atoms with Crippen molar-refractivity contribution in [3.05, 3.63) is 35.4 Å². The van der Waals surface area contributed by atoms with Crippen molar-refractivity contribution < 1.29 is 13.2 Å². The molecule has 0 saturated carbocycles. The Bertz CT molecular complexity index is 612. The highest BCUT2D eigenvalue weighted by Gasteiger charge is 2.09. The largest absolute Gasteiger partial charge is 0.380 e. The van der Waals surface area contributed by atoms with E-state index in [4.69, 9.17) is 4.74 Å². The minimum Gasteiger partial charge on any atom is -0.380 e. The second kappa shape index (κ2) is 10.3. The first-order chi connectivity index (χ1) is 11.3. The third-order valence-corrected chi connectivity index (χ3v) is 4.38. The maximum atomic E-state index is 11.2. The monoisotopic (exact) mass is 355 g/mol. The average molecular weight is 356 g/mol. The quantitative estimate of drug-likeness (QED) is 0.521. The number of methoxy groups -OCH3 is 1. The van der Waals surface area contributed by atoms with Crippen LogP contribution in [-0.4, -0.2) is 46.1 Å². The number of hydrogen-bond donors (Lipinski definition) is 2. The number of nitrogens with zero attached hydrogens (tertiary/aromatic N) is 1. The Morgan fingerprint density at radius 1 is 1.25 bits per heavy atom. The van der Waals surface area contributed by atoms with Gasteiger partial charge in [0.15, 0.2) is 5.96 Å². The summed E-state index contributed by atoms with van der Waals surface area (Å²) in [4.78, 5) is 4.56. The van der Waals surface area contributed by atoms with E-state index in [2.05, 4.69) is 15.6 Å². The van der Waals surface area contributed by atoms with Gasteiger partial charge in [0.2, 0.25) is 0 Å². The van der Waals surface area contributed by atoms with Crippen molar-refractivity contribution in [3.8, 4) is 0 Å². The first-order valence-corrected chi connectivity index (χ1v) is 10.2. The van der Waals surface area contributed by atoms with E-state index in [0.29, 0.717) is 25.5 Å². The first-order valence-electron chi connectivity index (χ1n) is 8.13. The second-order valence-corrected chi connectivity index (χ2v) is 8.17. The Balaban J connectivity index is 2.60. The van der Waals surface area contributed by atoms with Crippen molar-refractivity contribution in [2.75, 3.05) is 25.7 Å². The molecule has 6 nitrogen and oxygen atoms in total. The summed E-state index contributed by atoms with van der Waals surface area (Å²) in [5.41, 5.74) is 2.24. The van der Waals surface area contributed by atoms with Gasteiger partial charge >= 0.3 is 0 Å². The highest BCUT2D eigenvalue weighted by atomic mass is 32.2. The van der Waals surface area contributed by atoms with E-state index in [1.54, 1.807) is 7.11 Å². The molecular weight excluding hydrogens is 326 g/mol. The lowest BCUT2D eigenvalue weighted by atomic mass is 10.1. The van der Waals surface area contributed by atoms with Crippen LogP contribution in [0.1, 0.15) is 31.4 Å². The number of ether oxygens (including phenoxy) is 1. The van der Waals surface area contributed by atoms with Gasteiger partial charge in [-0.05, 0) is 31.4 Å². The number of sulfone groups is 1. The van der Waals surface area contributed by atoms with Crippen molar-refractivity contribution in [1.29, 1.82) is 0 Å². The minimum absolute atomic E-state index is 0.0293. The number of aliphatic imine (C=N–C) groups is 1. The van der Waals surface area contributed by atoms with Crippen molar-refractivity contribution >= 4 is 15.8 Å². The molecule has 24 heavy (non-hydrogen) atoms. The summed E-state index contributed by atoms with van der Waals surface area (Å²) >= 11 is 0. The van der Waals surface area contributed by atoms with Crippen LogP contribution in [0.15, 0.2) is 29.3 Å². The highest BCUT2D eigenvalue weighted by Crippen LogP contribution is 2.06. The lowest BCUT2D eigenvalue weighted by Crippen LogP contribution is -2.42. The van der Waals surface area contributed by atoms with Crippen LogP contribution in [0.3, 0.4) is 0 Å². The zero-order valence-electron chi connectivity index (χ0n) is 15.0. The van der Waals surface area contributed by atoms with Gasteiger partial charge in [0.05, 0.1) is 18.9 Å². The fourth-order valence-electron chi connectivity index (χ4n) is 2.09. The third-order valence-electron chi connectivity index (χ3n) is 3.40. The molecule has 0 aromatic heterocycles. The molecule has 0 bridgehead atoms. The first kappa shape index (κ1) is 20.4. The summed E-state index contributed by atoms with van der Waals surface area (Å²) in [5, 5.41) is 6.43. The topological polar surface area (TPSA) is 79.8 Å². The molecule has 1 aromatic carbocycles. The van der Waals surface area contributed by atoms with E-state index >= 15 is 0 Å². The van der Waals surface area contributed by atoms with Gasteiger partial charge in [-0.15, -0.1) is 0 Å². The molecule has 1 unspecified atom stereocenters. The normalized spacial score (nSPS) is 13.6. The van der Waals surface area contributed by atoms with E-state index in [-0.39, 0.29) is 11.8 Å². The van der Waals surface area contributed by atoms with E-state index in [1.165, 1.54) is 6.26 Å². The molecule has 7 heteroatoms. The smallest absolute Gasteiger partial charge is 0.191 e. The number of rotatable bonds is 9. The van der Waals surface area contributed by atoms with Crippen LogP contribution < -0.4 is 10.6 Å². The molecule has 0 spiro atoms. The molecule has 0 heterocycles. The number of benzene rings is 1. The molecule has 0 saturated heterocycles. The van der Waals surface area contributed by atoms with E-state index in [0.717, 1.165) is 17.7 Å². The Labute approximate surface area is 145 Å². The van der Waals surface area contributed by atoms with Crippen molar-refractivity contribution in [1.82, 2.24) is 10.6 Å². The molecule has 0 amide bonds. The van der Waals surface area contributed by atoms with Crippen LogP contribution in [0.5, 0.6) is 0 Å². The van der Waals surface area contributed by atoms with Crippen molar-refractivity contribution in [2.45, 2.75) is 39.5 Å². The van der Waals surface area contributed by atoms with Gasteiger partial charge in [-0.3, -0.25) is 0 Å². The van der Waals surface area contributed by atoms with Gasteiger partial charge in [0.25, 0.3) is 0 Å². The minimum atomic E-state index is -2.94. The van der Waals surface area contributed by atoms with Gasteiger partial charge in [-0.2, -0.15) is 0 Å². The lowest BCUT2D eigenvalue weighted by molar-refractivity contribution is 0.185. The standard InChI is InChI=1S/C17H29N3O3S/c1-5-18-17(20-14(2)10-11-24(4,21)22)19-12-15-6-8-16(9-7-15)13-23-3/h6-9,14H,5,10-13H2,1-4H3,(H2,18,19,20). The molecule has 2 N–H and O–H groups in total. The SMILES string of the molecule is CCNC(=NCc1ccc(COC)cc1)NC(C)CCS(C)(=O)=O. The molecule has 1 rings (SSSR count). The van der Waals surface area contributed by atoms with Gasteiger partial charge < -0.3 is 15.4 Å². The molecule has 1 atom stereocenters. The fraction of sp³-hybridized carbons (Fsp3) is 0.588. The summed E-state index contributed by atoms with van der Waals surface area (Å²) in [6, 6.07) is 8.16. The van der Waals surface area contributed by atoms with Gasteiger partial charge in [0.1, 0.15) is 9.84 Å². The second-order valence-electron chi connectivity index (χ2n) is 5.91. The van der Waals surface area contributed by atoms with Gasteiger partial charge in [0, 0.05) is 26.0 Å². The van der Waals surface area contributed by atoms with Crippen molar-refractivity contribution in [3.63, 3.8) is 0 Å². The Morgan fingerprint density at radius 3 is 2.42 bits per heavy atom. The average Bonchev–Trinajstić information content (AvgIpc) is 2.52. The van der Waals surface area contributed by atoms with Crippen LogP contribution in [0.4, 0.5) is 0 Å². The number of hydrogen-bond acceptors (Lipinski definition) is 4. The van der Waals surface area contributed by atoms with E-state index < -0.39 is 9.84 Å². The molecule has 0 aliphatic rings. The maximum absolute atomic E-state index is 11.2. The molecule has 136 valence electrons. The molecule has 0 radical (unpaired) electrons. The summed E-state index contributed by atoms with van der Waals surface area (Å²) in [6.07, 6.45) is 1.81. The van der Waals surface area contributed by atoms with E-state index in [1.807, 2.05) is 38.1 Å². The van der Waals surface area contributed by atoms with E-state index in [9.17, 15) is 8.42 Å². The summed E-state index contributed by atoms with van der Waals surface area (Å²) in [7, 11) is -1.26. The van der Waals surface area contributed by atoms with Crippen LogP contribution in [-0.2, 0) is 27.7 Å². The molecule has 0 aliphatic carbocycles. The number of nitrogens with one attached hydrogen (secondary N) is 2.